The fourth-order valence-electron chi connectivity index (χ4n) is 2.36. The van der Waals surface area contributed by atoms with Crippen LogP contribution in [0.1, 0.15) is 17.5 Å². The van der Waals surface area contributed by atoms with Gasteiger partial charge in [-0.05, 0) is 42.2 Å². The van der Waals surface area contributed by atoms with E-state index < -0.39 is 0 Å². The third kappa shape index (κ3) is 6.59. The summed E-state index contributed by atoms with van der Waals surface area (Å²) in [6, 6.07) is 12.5. The molecule has 2 rings (SSSR count). The zero-order valence-corrected chi connectivity index (χ0v) is 15.6. The SMILES string of the molecule is COc1ccccc1CCCNC(=O)CSCc1ccc(Cl)cc1F. The van der Waals surface area contributed by atoms with Gasteiger partial charge < -0.3 is 10.1 Å². The van der Waals surface area contributed by atoms with Gasteiger partial charge >= 0.3 is 0 Å². The highest BCUT2D eigenvalue weighted by atomic mass is 35.5. The van der Waals surface area contributed by atoms with Crippen LogP contribution in [0, 0.1) is 5.82 Å². The molecule has 0 unspecified atom stereocenters. The van der Waals surface area contributed by atoms with E-state index in [0.29, 0.717) is 28.6 Å². The van der Waals surface area contributed by atoms with Crippen molar-refractivity contribution in [3.8, 4) is 5.75 Å². The van der Waals surface area contributed by atoms with Crippen LogP contribution in [0.2, 0.25) is 5.02 Å². The summed E-state index contributed by atoms with van der Waals surface area (Å²) in [6.07, 6.45) is 1.68. The number of aryl methyl sites for hydroxylation is 1. The molecule has 0 atom stereocenters. The molecule has 0 saturated carbocycles. The minimum Gasteiger partial charge on any atom is -0.496 e. The van der Waals surface area contributed by atoms with Crippen LogP contribution in [0.5, 0.6) is 5.75 Å². The smallest absolute Gasteiger partial charge is 0.230 e. The largest absolute Gasteiger partial charge is 0.496 e. The molecule has 6 heteroatoms. The van der Waals surface area contributed by atoms with E-state index in [9.17, 15) is 9.18 Å². The molecule has 0 fully saturated rings. The molecule has 1 amide bonds. The number of halogens is 2. The topological polar surface area (TPSA) is 38.3 Å². The Morgan fingerprint density at radius 2 is 2.04 bits per heavy atom. The maximum absolute atomic E-state index is 13.6. The number of nitrogens with one attached hydrogen (secondary N) is 1. The average molecular weight is 382 g/mol. The fourth-order valence-corrected chi connectivity index (χ4v) is 3.36. The Morgan fingerprint density at radius 1 is 1.24 bits per heavy atom. The van der Waals surface area contributed by atoms with Gasteiger partial charge in [0.25, 0.3) is 0 Å². The summed E-state index contributed by atoms with van der Waals surface area (Å²) in [6.45, 7) is 0.604. The van der Waals surface area contributed by atoms with Crippen LogP contribution in [0.3, 0.4) is 0 Å². The summed E-state index contributed by atoms with van der Waals surface area (Å²) >= 11 is 7.10. The normalized spacial score (nSPS) is 10.5. The summed E-state index contributed by atoms with van der Waals surface area (Å²) < 4.78 is 18.9. The van der Waals surface area contributed by atoms with Crippen LogP contribution in [0.15, 0.2) is 42.5 Å². The lowest BCUT2D eigenvalue weighted by atomic mass is 10.1. The van der Waals surface area contributed by atoms with Crippen molar-refractivity contribution in [1.82, 2.24) is 5.32 Å². The van der Waals surface area contributed by atoms with E-state index in [1.54, 1.807) is 19.2 Å². The molecule has 0 bridgehead atoms. The predicted molar refractivity (Wildman–Crippen MR) is 102 cm³/mol. The first-order valence-electron chi connectivity index (χ1n) is 8.00. The summed E-state index contributed by atoms with van der Waals surface area (Å²) in [5.74, 6) is 1.24. The number of amides is 1. The van der Waals surface area contributed by atoms with Gasteiger partial charge in [0.15, 0.2) is 0 Å². The lowest BCUT2D eigenvalue weighted by molar-refractivity contribution is -0.118. The predicted octanol–water partition coefficient (Wildman–Crippen LogP) is 4.47. The highest BCUT2D eigenvalue weighted by Crippen LogP contribution is 2.20. The first-order chi connectivity index (χ1) is 12.1. The Balaban J connectivity index is 1.64. The van der Waals surface area contributed by atoms with Crippen molar-refractivity contribution >= 4 is 29.3 Å². The van der Waals surface area contributed by atoms with E-state index in [4.69, 9.17) is 16.3 Å². The molecule has 2 aromatic carbocycles. The lowest BCUT2D eigenvalue weighted by Gasteiger charge is -2.09. The highest BCUT2D eigenvalue weighted by Gasteiger charge is 2.06. The number of carbonyl (C=O) groups is 1. The molecule has 0 spiro atoms. The summed E-state index contributed by atoms with van der Waals surface area (Å²) in [7, 11) is 1.65. The highest BCUT2D eigenvalue weighted by molar-refractivity contribution is 7.99. The van der Waals surface area contributed by atoms with Crippen LogP contribution >= 0.6 is 23.4 Å². The van der Waals surface area contributed by atoms with Gasteiger partial charge in [0.2, 0.25) is 5.91 Å². The summed E-state index contributed by atoms with van der Waals surface area (Å²) in [5.41, 5.74) is 1.69. The van der Waals surface area contributed by atoms with E-state index in [1.807, 2.05) is 24.3 Å². The van der Waals surface area contributed by atoms with Crippen molar-refractivity contribution in [1.29, 1.82) is 0 Å². The molecule has 0 radical (unpaired) electrons. The number of benzene rings is 2. The third-order valence-corrected chi connectivity index (χ3v) is 4.86. The Bertz CT molecular complexity index is 712. The first kappa shape index (κ1) is 19.6. The van der Waals surface area contributed by atoms with Crippen molar-refractivity contribution in [3.05, 3.63) is 64.4 Å². The number of rotatable bonds is 9. The van der Waals surface area contributed by atoms with Crippen molar-refractivity contribution in [3.63, 3.8) is 0 Å². The zero-order chi connectivity index (χ0) is 18.1. The molecule has 25 heavy (non-hydrogen) atoms. The second kappa shape index (κ2) is 10.3. The second-order valence-corrected chi connectivity index (χ2v) is 6.92. The Hall–Kier alpha value is -1.72. The van der Waals surface area contributed by atoms with Gasteiger partial charge in [-0.15, -0.1) is 11.8 Å². The molecule has 3 nitrogen and oxygen atoms in total. The molecule has 0 aliphatic heterocycles. The standard InChI is InChI=1S/C19H21ClFNO2S/c1-24-18-7-3-2-5-14(18)6-4-10-22-19(23)13-25-12-15-8-9-16(20)11-17(15)21/h2-3,5,7-9,11H,4,6,10,12-13H2,1H3,(H,22,23). The number of ether oxygens (including phenoxy) is 1. The molecule has 0 saturated heterocycles. The number of para-hydroxylation sites is 1. The van der Waals surface area contributed by atoms with E-state index in [-0.39, 0.29) is 11.7 Å². The van der Waals surface area contributed by atoms with Crippen molar-refractivity contribution in [2.24, 2.45) is 0 Å². The minimum absolute atomic E-state index is 0.0422. The molecule has 134 valence electrons. The van der Waals surface area contributed by atoms with Gasteiger partial charge in [0.1, 0.15) is 11.6 Å². The van der Waals surface area contributed by atoms with E-state index >= 15 is 0 Å². The molecular weight excluding hydrogens is 361 g/mol. The average Bonchev–Trinajstić information content (AvgIpc) is 2.61. The minimum atomic E-state index is -0.336. The monoisotopic (exact) mass is 381 g/mol. The molecule has 2 aromatic rings. The second-order valence-electron chi connectivity index (χ2n) is 5.49. The van der Waals surface area contributed by atoms with E-state index in [2.05, 4.69) is 5.32 Å². The number of hydrogen-bond donors (Lipinski definition) is 1. The van der Waals surface area contributed by atoms with Crippen molar-refractivity contribution < 1.29 is 13.9 Å². The van der Waals surface area contributed by atoms with Gasteiger partial charge in [-0.2, -0.15) is 0 Å². The lowest BCUT2D eigenvalue weighted by Crippen LogP contribution is -2.26. The van der Waals surface area contributed by atoms with E-state index in [0.717, 1.165) is 24.2 Å². The molecule has 0 aliphatic carbocycles. The molecule has 0 heterocycles. The van der Waals surface area contributed by atoms with Gasteiger partial charge in [-0.1, -0.05) is 35.9 Å². The number of methoxy groups -OCH3 is 1. The van der Waals surface area contributed by atoms with Gasteiger partial charge in [0.05, 0.1) is 12.9 Å². The maximum Gasteiger partial charge on any atom is 0.230 e. The quantitative estimate of drug-likeness (QED) is 0.651. The van der Waals surface area contributed by atoms with Crippen molar-refractivity contribution in [2.75, 3.05) is 19.4 Å². The number of hydrogen-bond acceptors (Lipinski definition) is 3. The van der Waals surface area contributed by atoms with Crippen LogP contribution in [0.25, 0.3) is 0 Å². The number of carbonyl (C=O) groups excluding carboxylic acids is 1. The van der Waals surface area contributed by atoms with Crippen LogP contribution < -0.4 is 10.1 Å². The summed E-state index contributed by atoms with van der Waals surface area (Å²) in [4.78, 5) is 11.8. The molecule has 1 N–H and O–H groups in total. The van der Waals surface area contributed by atoms with Crippen LogP contribution in [-0.2, 0) is 17.0 Å². The first-order valence-corrected chi connectivity index (χ1v) is 9.53. The van der Waals surface area contributed by atoms with Gasteiger partial charge in [0, 0.05) is 17.3 Å². The van der Waals surface area contributed by atoms with Crippen molar-refractivity contribution in [2.45, 2.75) is 18.6 Å². The van der Waals surface area contributed by atoms with Crippen LogP contribution in [0.4, 0.5) is 4.39 Å². The third-order valence-electron chi connectivity index (χ3n) is 3.64. The zero-order valence-electron chi connectivity index (χ0n) is 14.1. The van der Waals surface area contributed by atoms with E-state index in [1.165, 1.54) is 17.8 Å². The summed E-state index contributed by atoms with van der Waals surface area (Å²) in [5, 5.41) is 3.26. The molecule has 0 aliphatic rings. The maximum atomic E-state index is 13.6. The molecule has 0 aromatic heterocycles. The van der Waals surface area contributed by atoms with Gasteiger partial charge in [-0.25, -0.2) is 4.39 Å². The Labute approximate surface area is 156 Å². The molecular formula is C19H21ClFNO2S. The Kier molecular flexibility index (Phi) is 8.09. The fraction of sp³-hybridized carbons (Fsp3) is 0.316. The van der Waals surface area contributed by atoms with Gasteiger partial charge in [-0.3, -0.25) is 4.79 Å². The number of thioether (sulfide) groups is 1. The van der Waals surface area contributed by atoms with Crippen LogP contribution in [-0.4, -0.2) is 25.3 Å². The Morgan fingerprint density at radius 3 is 2.80 bits per heavy atom.